The molecule has 76 valence electrons. The third-order valence-electron chi connectivity index (χ3n) is 2.31. The van der Waals surface area contributed by atoms with Crippen molar-refractivity contribution >= 4 is 5.97 Å². The van der Waals surface area contributed by atoms with Gasteiger partial charge >= 0.3 is 5.97 Å². The highest BCUT2D eigenvalue weighted by atomic mass is 16.5. The van der Waals surface area contributed by atoms with Crippen molar-refractivity contribution in [3.05, 3.63) is 0 Å². The first-order valence-corrected chi connectivity index (χ1v) is 4.72. The molecule has 1 fully saturated rings. The van der Waals surface area contributed by atoms with Crippen molar-refractivity contribution in [1.29, 1.82) is 0 Å². The second-order valence-corrected chi connectivity index (χ2v) is 3.42. The van der Waals surface area contributed by atoms with E-state index in [0.717, 1.165) is 32.3 Å². The average molecular weight is 188 g/mol. The first-order valence-electron chi connectivity index (χ1n) is 4.72. The summed E-state index contributed by atoms with van der Waals surface area (Å²) < 4.78 is 5.37. The Hall–Kier alpha value is -0.610. The van der Waals surface area contributed by atoms with Gasteiger partial charge in [-0.05, 0) is 32.1 Å². The van der Waals surface area contributed by atoms with E-state index in [2.05, 4.69) is 0 Å². The van der Waals surface area contributed by atoms with Crippen molar-refractivity contribution in [3.63, 3.8) is 0 Å². The second kappa shape index (κ2) is 5.19. The standard InChI is InChI=1S/C9H16O4/c10-8(9(11)12)5-1-3-7-4-2-6-13-7/h7-8,10H,1-6H2,(H,11,12). The van der Waals surface area contributed by atoms with Crippen molar-refractivity contribution in [3.8, 4) is 0 Å². The number of carbonyl (C=O) groups is 1. The first-order chi connectivity index (χ1) is 6.20. The maximum absolute atomic E-state index is 10.2. The van der Waals surface area contributed by atoms with Gasteiger partial charge in [0.25, 0.3) is 0 Å². The Kier molecular flexibility index (Phi) is 4.18. The summed E-state index contributed by atoms with van der Waals surface area (Å²) >= 11 is 0. The van der Waals surface area contributed by atoms with E-state index in [1.54, 1.807) is 0 Å². The molecule has 1 aliphatic heterocycles. The van der Waals surface area contributed by atoms with E-state index in [9.17, 15) is 4.79 Å². The molecule has 1 rings (SSSR count). The van der Waals surface area contributed by atoms with Crippen LogP contribution >= 0.6 is 0 Å². The van der Waals surface area contributed by atoms with E-state index in [4.69, 9.17) is 14.9 Å². The number of carboxylic acids is 1. The zero-order chi connectivity index (χ0) is 9.68. The van der Waals surface area contributed by atoms with E-state index in [0.29, 0.717) is 12.5 Å². The molecule has 1 heterocycles. The molecule has 0 aromatic carbocycles. The van der Waals surface area contributed by atoms with Gasteiger partial charge in [0.05, 0.1) is 6.10 Å². The molecule has 0 aliphatic carbocycles. The van der Waals surface area contributed by atoms with Crippen molar-refractivity contribution in [2.24, 2.45) is 0 Å². The second-order valence-electron chi connectivity index (χ2n) is 3.42. The van der Waals surface area contributed by atoms with Gasteiger partial charge in [0.15, 0.2) is 6.10 Å². The fourth-order valence-electron chi connectivity index (χ4n) is 1.53. The van der Waals surface area contributed by atoms with Crippen LogP contribution in [0.5, 0.6) is 0 Å². The van der Waals surface area contributed by atoms with Crippen LogP contribution in [0.3, 0.4) is 0 Å². The van der Waals surface area contributed by atoms with Crippen molar-refractivity contribution in [2.45, 2.75) is 44.3 Å². The molecule has 1 saturated heterocycles. The molecule has 2 atom stereocenters. The van der Waals surface area contributed by atoms with E-state index < -0.39 is 12.1 Å². The molecule has 4 nitrogen and oxygen atoms in total. The summed E-state index contributed by atoms with van der Waals surface area (Å²) in [6, 6.07) is 0. The Morgan fingerprint density at radius 2 is 2.38 bits per heavy atom. The number of aliphatic hydroxyl groups is 1. The Labute approximate surface area is 77.5 Å². The normalized spacial score (nSPS) is 24.5. The predicted molar refractivity (Wildman–Crippen MR) is 46.5 cm³/mol. The Morgan fingerprint density at radius 3 is 2.92 bits per heavy atom. The Morgan fingerprint density at radius 1 is 1.62 bits per heavy atom. The number of hydrogen-bond donors (Lipinski definition) is 2. The van der Waals surface area contributed by atoms with Crippen LogP contribution < -0.4 is 0 Å². The topological polar surface area (TPSA) is 66.8 Å². The van der Waals surface area contributed by atoms with Gasteiger partial charge in [-0.2, -0.15) is 0 Å². The van der Waals surface area contributed by atoms with Gasteiger partial charge in [0.1, 0.15) is 0 Å². The van der Waals surface area contributed by atoms with Gasteiger partial charge in [-0.1, -0.05) is 0 Å². The number of aliphatic carboxylic acids is 1. The zero-order valence-corrected chi connectivity index (χ0v) is 7.61. The molecule has 1 aliphatic rings. The number of ether oxygens (including phenoxy) is 1. The van der Waals surface area contributed by atoms with Gasteiger partial charge in [-0.25, -0.2) is 4.79 Å². The van der Waals surface area contributed by atoms with Crippen LogP contribution in [0.25, 0.3) is 0 Å². The molecule has 0 bridgehead atoms. The molecule has 4 heteroatoms. The third kappa shape index (κ3) is 3.74. The van der Waals surface area contributed by atoms with Crippen LogP contribution in [0.2, 0.25) is 0 Å². The lowest BCUT2D eigenvalue weighted by atomic mass is 10.1. The van der Waals surface area contributed by atoms with Gasteiger partial charge in [-0.15, -0.1) is 0 Å². The van der Waals surface area contributed by atoms with Gasteiger partial charge in [-0.3, -0.25) is 0 Å². The fourth-order valence-corrected chi connectivity index (χ4v) is 1.53. The molecular formula is C9H16O4. The van der Waals surface area contributed by atoms with Gasteiger partial charge < -0.3 is 14.9 Å². The number of carboxylic acid groups (broad SMARTS) is 1. The van der Waals surface area contributed by atoms with Crippen LogP contribution in [0.15, 0.2) is 0 Å². The van der Waals surface area contributed by atoms with Crippen molar-refractivity contribution < 1.29 is 19.7 Å². The lowest BCUT2D eigenvalue weighted by Gasteiger charge is -2.09. The number of hydrogen-bond acceptors (Lipinski definition) is 3. The monoisotopic (exact) mass is 188 g/mol. The molecule has 0 saturated carbocycles. The summed E-state index contributed by atoms with van der Waals surface area (Å²) in [5, 5.41) is 17.4. The summed E-state index contributed by atoms with van der Waals surface area (Å²) in [5.41, 5.74) is 0. The molecule has 0 amide bonds. The van der Waals surface area contributed by atoms with Gasteiger partial charge in [0, 0.05) is 6.61 Å². The maximum atomic E-state index is 10.2. The van der Waals surface area contributed by atoms with Crippen LogP contribution in [0.1, 0.15) is 32.1 Å². The quantitative estimate of drug-likeness (QED) is 0.669. The number of aliphatic hydroxyl groups excluding tert-OH is 1. The van der Waals surface area contributed by atoms with Gasteiger partial charge in [0.2, 0.25) is 0 Å². The SMILES string of the molecule is O=C(O)C(O)CCCC1CCCO1. The van der Waals surface area contributed by atoms with E-state index in [-0.39, 0.29) is 0 Å². The minimum Gasteiger partial charge on any atom is -0.479 e. The van der Waals surface area contributed by atoms with E-state index in [1.165, 1.54) is 0 Å². The lowest BCUT2D eigenvalue weighted by molar-refractivity contribution is -0.147. The number of rotatable bonds is 5. The summed E-state index contributed by atoms with van der Waals surface area (Å²) in [4.78, 5) is 10.2. The predicted octanol–water partition coefficient (Wildman–Crippen LogP) is 0.781. The smallest absolute Gasteiger partial charge is 0.332 e. The molecule has 13 heavy (non-hydrogen) atoms. The lowest BCUT2D eigenvalue weighted by Crippen LogP contribution is -2.19. The molecule has 0 spiro atoms. The summed E-state index contributed by atoms with van der Waals surface area (Å²) in [6.45, 7) is 0.826. The zero-order valence-electron chi connectivity index (χ0n) is 7.61. The summed E-state index contributed by atoms with van der Waals surface area (Å²) in [6.07, 6.45) is 3.18. The molecule has 2 N–H and O–H groups in total. The van der Waals surface area contributed by atoms with Crippen molar-refractivity contribution in [2.75, 3.05) is 6.61 Å². The molecule has 0 radical (unpaired) electrons. The molecule has 0 aromatic heterocycles. The first kappa shape index (κ1) is 10.5. The molecule has 2 unspecified atom stereocenters. The molecular weight excluding hydrogens is 172 g/mol. The Balaban J connectivity index is 2.02. The maximum Gasteiger partial charge on any atom is 0.332 e. The average Bonchev–Trinajstić information content (AvgIpc) is 2.56. The highest BCUT2D eigenvalue weighted by Crippen LogP contribution is 2.18. The van der Waals surface area contributed by atoms with Crippen LogP contribution in [0.4, 0.5) is 0 Å². The Bertz CT molecular complexity index is 163. The van der Waals surface area contributed by atoms with Crippen LogP contribution in [-0.4, -0.2) is 35.0 Å². The summed E-state index contributed by atoms with van der Waals surface area (Å²) in [7, 11) is 0. The minimum atomic E-state index is -1.21. The van der Waals surface area contributed by atoms with Crippen LogP contribution in [-0.2, 0) is 9.53 Å². The van der Waals surface area contributed by atoms with E-state index >= 15 is 0 Å². The minimum absolute atomic E-state index is 0.293. The highest BCUT2D eigenvalue weighted by molar-refractivity contribution is 5.71. The largest absolute Gasteiger partial charge is 0.479 e. The van der Waals surface area contributed by atoms with Crippen LogP contribution in [0, 0.1) is 0 Å². The molecule has 0 aromatic rings. The van der Waals surface area contributed by atoms with Crippen molar-refractivity contribution in [1.82, 2.24) is 0 Å². The fraction of sp³-hybridized carbons (Fsp3) is 0.889. The third-order valence-corrected chi connectivity index (χ3v) is 2.31. The highest BCUT2D eigenvalue weighted by Gasteiger charge is 2.17. The van der Waals surface area contributed by atoms with E-state index in [1.807, 2.05) is 0 Å². The summed E-state index contributed by atoms with van der Waals surface area (Å²) in [5.74, 6) is -1.13.